The fourth-order valence-electron chi connectivity index (χ4n) is 3.02. The molecule has 0 aromatic heterocycles. The molecule has 3 rings (SSSR count). The maximum atomic E-state index is 12.8. The molecular weight excluding hydrogens is 398 g/mol. The molecule has 6 heteroatoms. The zero-order chi connectivity index (χ0) is 18.6. The van der Waals surface area contributed by atoms with Gasteiger partial charge < -0.3 is 14.8 Å². The largest absolute Gasteiger partial charge is 0.482 e. The van der Waals surface area contributed by atoms with Gasteiger partial charge in [0.1, 0.15) is 5.75 Å². The van der Waals surface area contributed by atoms with Gasteiger partial charge >= 0.3 is 5.97 Å². The van der Waals surface area contributed by atoms with Gasteiger partial charge in [-0.05, 0) is 55.2 Å². The molecule has 1 saturated carbocycles. The molecule has 1 fully saturated rings. The Balaban J connectivity index is 1.74. The lowest BCUT2D eigenvalue weighted by Gasteiger charge is -2.43. The lowest BCUT2D eigenvalue weighted by atomic mass is 9.71. The monoisotopic (exact) mass is 417 g/mol. The Hall–Kier alpha value is -2.34. The predicted octanol–water partition coefficient (Wildman–Crippen LogP) is 3.81. The second-order valence-corrected chi connectivity index (χ2v) is 7.21. The minimum Gasteiger partial charge on any atom is -0.482 e. The van der Waals surface area contributed by atoms with Crippen molar-refractivity contribution in [2.75, 3.05) is 13.7 Å². The van der Waals surface area contributed by atoms with E-state index < -0.39 is 5.97 Å². The Morgan fingerprint density at radius 3 is 2.58 bits per heavy atom. The minimum absolute atomic E-state index is 0.159. The fourth-order valence-corrected chi connectivity index (χ4v) is 3.42. The molecule has 0 heterocycles. The van der Waals surface area contributed by atoms with Crippen molar-refractivity contribution in [1.82, 2.24) is 5.32 Å². The molecule has 0 atom stereocenters. The van der Waals surface area contributed by atoms with Crippen molar-refractivity contribution in [2.24, 2.45) is 0 Å². The van der Waals surface area contributed by atoms with Crippen molar-refractivity contribution < 1.29 is 19.1 Å². The van der Waals surface area contributed by atoms with Crippen molar-refractivity contribution in [3.8, 4) is 5.75 Å². The van der Waals surface area contributed by atoms with Crippen LogP contribution in [0.5, 0.6) is 5.75 Å². The number of rotatable bonds is 6. The molecular formula is C20H20BrNO4. The van der Waals surface area contributed by atoms with Crippen LogP contribution in [0.3, 0.4) is 0 Å². The van der Waals surface area contributed by atoms with Crippen molar-refractivity contribution in [2.45, 2.75) is 24.8 Å². The number of amides is 1. The Bertz CT molecular complexity index is 817. The van der Waals surface area contributed by atoms with E-state index in [1.165, 1.54) is 7.11 Å². The van der Waals surface area contributed by atoms with E-state index in [1.54, 1.807) is 24.3 Å². The van der Waals surface area contributed by atoms with Gasteiger partial charge in [-0.25, -0.2) is 4.79 Å². The van der Waals surface area contributed by atoms with Gasteiger partial charge in [-0.3, -0.25) is 4.79 Å². The first-order valence-corrected chi connectivity index (χ1v) is 9.20. The smallest absolute Gasteiger partial charge is 0.343 e. The number of esters is 1. The van der Waals surface area contributed by atoms with Crippen molar-refractivity contribution in [1.29, 1.82) is 0 Å². The van der Waals surface area contributed by atoms with Crippen molar-refractivity contribution >= 4 is 27.8 Å². The molecule has 0 unspecified atom stereocenters. The summed E-state index contributed by atoms with van der Waals surface area (Å²) in [7, 11) is 1.30. The molecule has 0 saturated heterocycles. The Labute approximate surface area is 160 Å². The highest BCUT2D eigenvalue weighted by Crippen LogP contribution is 2.42. The molecule has 0 aliphatic heterocycles. The number of methoxy groups -OCH3 is 1. The van der Waals surface area contributed by atoms with Crippen molar-refractivity contribution in [3.63, 3.8) is 0 Å². The summed E-state index contributed by atoms with van der Waals surface area (Å²) < 4.78 is 10.9. The number of halogens is 1. The standard InChI is InChI=1S/C20H20BrNO4/c1-25-18(23)13-26-17-8-2-5-14(11-17)19(24)22-20(9-4-10-20)15-6-3-7-16(21)12-15/h2-3,5-8,11-12H,4,9-10,13H2,1H3,(H,22,24). The Morgan fingerprint density at radius 2 is 1.92 bits per heavy atom. The average molecular weight is 418 g/mol. The predicted molar refractivity (Wildman–Crippen MR) is 101 cm³/mol. The summed E-state index contributed by atoms with van der Waals surface area (Å²) in [6.45, 7) is -0.191. The number of hydrogen-bond donors (Lipinski definition) is 1. The zero-order valence-corrected chi connectivity index (χ0v) is 16.0. The molecule has 2 aromatic carbocycles. The molecule has 1 N–H and O–H groups in total. The summed E-state index contributed by atoms with van der Waals surface area (Å²) in [5.41, 5.74) is 1.27. The molecule has 0 bridgehead atoms. The first kappa shape index (κ1) is 18.5. The van der Waals surface area contributed by atoms with E-state index in [1.807, 2.05) is 18.2 Å². The van der Waals surface area contributed by atoms with E-state index in [2.05, 4.69) is 32.0 Å². The molecule has 26 heavy (non-hydrogen) atoms. The lowest BCUT2D eigenvalue weighted by molar-refractivity contribution is -0.142. The maximum absolute atomic E-state index is 12.8. The molecule has 0 radical (unpaired) electrons. The van der Waals surface area contributed by atoms with E-state index in [-0.39, 0.29) is 18.1 Å². The molecule has 0 spiro atoms. The van der Waals surface area contributed by atoms with Gasteiger partial charge in [0.2, 0.25) is 0 Å². The number of ether oxygens (including phenoxy) is 2. The topological polar surface area (TPSA) is 64.6 Å². The van der Waals surface area contributed by atoms with E-state index in [0.717, 1.165) is 29.3 Å². The van der Waals surface area contributed by atoms with Gasteiger partial charge in [-0.2, -0.15) is 0 Å². The van der Waals surface area contributed by atoms with E-state index in [0.29, 0.717) is 11.3 Å². The first-order valence-electron chi connectivity index (χ1n) is 8.41. The van der Waals surface area contributed by atoms with Crippen LogP contribution in [-0.4, -0.2) is 25.6 Å². The minimum atomic E-state index is -0.470. The third kappa shape index (κ3) is 4.07. The van der Waals surface area contributed by atoms with Crippen LogP contribution in [-0.2, 0) is 15.1 Å². The van der Waals surface area contributed by atoms with Gasteiger partial charge in [-0.15, -0.1) is 0 Å². The summed E-state index contributed by atoms with van der Waals surface area (Å²) in [6.07, 6.45) is 2.90. The average Bonchev–Trinajstić information content (AvgIpc) is 2.62. The SMILES string of the molecule is COC(=O)COc1cccc(C(=O)NC2(c3cccc(Br)c3)CCC2)c1. The highest BCUT2D eigenvalue weighted by atomic mass is 79.9. The van der Waals surface area contributed by atoms with Gasteiger partial charge in [0.05, 0.1) is 12.6 Å². The molecule has 2 aromatic rings. The van der Waals surface area contributed by atoms with Gasteiger partial charge in [0.25, 0.3) is 5.91 Å². The maximum Gasteiger partial charge on any atom is 0.343 e. The van der Waals surface area contributed by atoms with Crippen LogP contribution in [0.2, 0.25) is 0 Å². The number of nitrogens with one attached hydrogen (secondary N) is 1. The summed E-state index contributed by atoms with van der Waals surface area (Å²) >= 11 is 3.50. The Morgan fingerprint density at radius 1 is 1.15 bits per heavy atom. The molecule has 1 aliphatic rings. The number of hydrogen-bond acceptors (Lipinski definition) is 4. The van der Waals surface area contributed by atoms with Crippen LogP contribution < -0.4 is 10.1 Å². The first-order chi connectivity index (χ1) is 12.5. The van der Waals surface area contributed by atoms with E-state index in [4.69, 9.17) is 4.74 Å². The molecule has 5 nitrogen and oxygen atoms in total. The van der Waals surface area contributed by atoms with Crippen LogP contribution in [0.25, 0.3) is 0 Å². The third-order valence-corrected chi connectivity index (χ3v) is 5.11. The second kappa shape index (κ2) is 7.91. The van der Waals surface area contributed by atoms with Crippen LogP contribution in [0, 0.1) is 0 Å². The highest BCUT2D eigenvalue weighted by molar-refractivity contribution is 9.10. The van der Waals surface area contributed by atoms with Crippen LogP contribution in [0.1, 0.15) is 35.2 Å². The lowest BCUT2D eigenvalue weighted by Crippen LogP contribution is -2.50. The molecule has 1 amide bonds. The van der Waals surface area contributed by atoms with E-state index in [9.17, 15) is 9.59 Å². The summed E-state index contributed by atoms with van der Waals surface area (Å²) in [5.74, 6) is -0.177. The van der Waals surface area contributed by atoms with Gasteiger partial charge in [0, 0.05) is 10.0 Å². The van der Waals surface area contributed by atoms with Crippen molar-refractivity contribution in [3.05, 3.63) is 64.1 Å². The fraction of sp³-hybridized carbons (Fsp3) is 0.300. The summed E-state index contributed by atoms with van der Waals surface area (Å²) in [6, 6.07) is 14.8. The van der Waals surface area contributed by atoms with Gasteiger partial charge in [0.15, 0.2) is 6.61 Å². The highest BCUT2D eigenvalue weighted by Gasteiger charge is 2.40. The molecule has 1 aliphatic carbocycles. The van der Waals surface area contributed by atoms with Gasteiger partial charge in [-0.1, -0.05) is 34.1 Å². The Kier molecular flexibility index (Phi) is 5.61. The normalized spacial score (nSPS) is 14.8. The number of benzene rings is 2. The van der Waals surface area contributed by atoms with Crippen LogP contribution >= 0.6 is 15.9 Å². The quantitative estimate of drug-likeness (QED) is 0.725. The number of carbonyl (C=O) groups excluding carboxylic acids is 2. The number of carbonyl (C=O) groups is 2. The van der Waals surface area contributed by atoms with E-state index >= 15 is 0 Å². The summed E-state index contributed by atoms with van der Waals surface area (Å²) in [5, 5.41) is 3.19. The molecule has 136 valence electrons. The van der Waals surface area contributed by atoms with Crippen LogP contribution in [0.15, 0.2) is 53.0 Å². The van der Waals surface area contributed by atoms with Crippen LogP contribution in [0.4, 0.5) is 0 Å². The zero-order valence-electron chi connectivity index (χ0n) is 14.5. The summed E-state index contributed by atoms with van der Waals surface area (Å²) in [4.78, 5) is 24.0. The third-order valence-electron chi connectivity index (χ3n) is 4.62. The second-order valence-electron chi connectivity index (χ2n) is 6.29.